The van der Waals surface area contributed by atoms with Crippen LogP contribution in [0, 0.1) is 16.7 Å². The minimum Gasteiger partial charge on any atom is -0.367 e. The van der Waals surface area contributed by atoms with Crippen LogP contribution in [0.5, 0.6) is 0 Å². The molecule has 3 aliphatic rings. The van der Waals surface area contributed by atoms with Gasteiger partial charge >= 0.3 is 0 Å². The van der Waals surface area contributed by atoms with E-state index in [-0.39, 0.29) is 5.60 Å². The zero-order chi connectivity index (χ0) is 22.9. The third-order valence-corrected chi connectivity index (χ3v) is 8.91. The number of hydrogen-bond donors (Lipinski definition) is 0. The number of epoxide rings is 1. The van der Waals surface area contributed by atoms with Crippen LogP contribution in [0.15, 0.2) is 34.4 Å². The molecule has 3 atom stereocenters. The lowest BCUT2D eigenvalue weighted by atomic mass is 9.53. The van der Waals surface area contributed by atoms with Gasteiger partial charge < -0.3 is 4.74 Å². The Morgan fingerprint density at radius 2 is 1.58 bits per heavy atom. The molecule has 31 heavy (non-hydrogen) atoms. The number of allylic oxidation sites excluding steroid dienone is 6. The van der Waals surface area contributed by atoms with Gasteiger partial charge in [0.2, 0.25) is 0 Å². The lowest BCUT2D eigenvalue weighted by Gasteiger charge is -2.52. The van der Waals surface area contributed by atoms with Crippen molar-refractivity contribution in [3.05, 3.63) is 34.4 Å². The van der Waals surface area contributed by atoms with Crippen molar-refractivity contribution in [2.24, 2.45) is 16.7 Å². The van der Waals surface area contributed by atoms with Crippen LogP contribution in [0.1, 0.15) is 126 Å². The lowest BCUT2D eigenvalue weighted by Crippen LogP contribution is -2.41. The Kier molecular flexibility index (Phi) is 7.67. The maximum absolute atomic E-state index is 5.71. The molecule has 0 N–H and O–H groups in total. The highest BCUT2D eigenvalue weighted by Crippen LogP contribution is 2.57. The van der Waals surface area contributed by atoms with Crippen LogP contribution in [-0.2, 0) is 4.74 Å². The van der Waals surface area contributed by atoms with Gasteiger partial charge in [-0.05, 0) is 122 Å². The Hall–Kier alpha value is -0.820. The first-order valence-electron chi connectivity index (χ1n) is 13.1. The number of fused-ring (bicyclic) bond motifs is 1. The van der Waals surface area contributed by atoms with Crippen molar-refractivity contribution < 1.29 is 4.74 Å². The molecule has 2 aliphatic carbocycles. The van der Waals surface area contributed by atoms with Gasteiger partial charge in [0, 0.05) is 0 Å². The second-order valence-corrected chi connectivity index (χ2v) is 12.8. The van der Waals surface area contributed by atoms with E-state index in [0.29, 0.717) is 16.9 Å². The second kappa shape index (κ2) is 9.58. The standard InChI is InChI=1S/C30H50O/c1-22(11-9-12-23(2)15-16-27-29(6,7)31-27)13-10-14-25-24(3)17-18-30(8)20-19-28(4,5)21-26(25)30/h12-13,26-27H,9-11,14-21H2,1-8H3/b22-13+,23-12+/t26-,27-,30-/m0/s1. The summed E-state index contributed by atoms with van der Waals surface area (Å²) in [6, 6.07) is 0. The third-order valence-electron chi connectivity index (χ3n) is 8.91. The third kappa shape index (κ3) is 6.59. The zero-order valence-corrected chi connectivity index (χ0v) is 22.0. The van der Waals surface area contributed by atoms with E-state index in [1.807, 2.05) is 5.57 Å². The molecule has 176 valence electrons. The van der Waals surface area contributed by atoms with Gasteiger partial charge in [-0.15, -0.1) is 0 Å². The summed E-state index contributed by atoms with van der Waals surface area (Å²) in [5, 5.41) is 0. The highest BCUT2D eigenvalue weighted by molar-refractivity contribution is 5.24. The topological polar surface area (TPSA) is 12.5 Å². The number of hydrogen-bond acceptors (Lipinski definition) is 1. The summed E-state index contributed by atoms with van der Waals surface area (Å²) < 4.78 is 5.71. The fourth-order valence-electron chi connectivity index (χ4n) is 6.18. The summed E-state index contributed by atoms with van der Waals surface area (Å²) >= 11 is 0. The fourth-order valence-corrected chi connectivity index (χ4v) is 6.18. The Morgan fingerprint density at radius 3 is 2.26 bits per heavy atom. The number of rotatable bonds is 9. The summed E-state index contributed by atoms with van der Waals surface area (Å²) in [7, 11) is 0. The minimum atomic E-state index is 0.135. The molecule has 0 unspecified atom stereocenters. The van der Waals surface area contributed by atoms with Gasteiger partial charge in [-0.25, -0.2) is 0 Å². The minimum absolute atomic E-state index is 0.135. The van der Waals surface area contributed by atoms with E-state index in [1.165, 1.54) is 76.2 Å². The normalized spacial score (nSPS) is 32.8. The van der Waals surface area contributed by atoms with E-state index in [0.717, 1.165) is 5.92 Å². The molecule has 1 aliphatic heterocycles. The average molecular weight is 427 g/mol. The molecule has 0 bridgehead atoms. The Bertz CT molecular complexity index is 732. The summed E-state index contributed by atoms with van der Waals surface area (Å²) in [4.78, 5) is 0. The molecule has 0 aromatic heterocycles. The zero-order valence-electron chi connectivity index (χ0n) is 22.0. The van der Waals surface area contributed by atoms with Crippen LogP contribution >= 0.6 is 0 Å². The smallest absolute Gasteiger partial charge is 0.0892 e. The predicted octanol–water partition coefficient (Wildman–Crippen LogP) is 9.34. The first kappa shape index (κ1) is 24.8. The second-order valence-electron chi connectivity index (χ2n) is 12.8. The van der Waals surface area contributed by atoms with Gasteiger partial charge in [-0.2, -0.15) is 0 Å². The van der Waals surface area contributed by atoms with Crippen LogP contribution in [0.25, 0.3) is 0 Å². The lowest BCUT2D eigenvalue weighted by molar-refractivity contribution is 0.0444. The van der Waals surface area contributed by atoms with E-state index in [1.54, 1.807) is 11.1 Å². The van der Waals surface area contributed by atoms with Gasteiger partial charge in [-0.3, -0.25) is 0 Å². The first-order valence-corrected chi connectivity index (χ1v) is 13.1. The highest BCUT2D eigenvalue weighted by Gasteiger charge is 2.47. The molecule has 0 spiro atoms. The largest absolute Gasteiger partial charge is 0.367 e. The summed E-state index contributed by atoms with van der Waals surface area (Å²) in [6.45, 7) is 19.0. The molecule has 1 nitrogen and oxygen atoms in total. The summed E-state index contributed by atoms with van der Waals surface area (Å²) in [6.07, 6.45) is 19.7. The van der Waals surface area contributed by atoms with Crippen molar-refractivity contribution in [1.29, 1.82) is 0 Å². The van der Waals surface area contributed by atoms with Crippen molar-refractivity contribution in [1.82, 2.24) is 0 Å². The molecule has 1 heteroatoms. The molecule has 0 aromatic carbocycles. The van der Waals surface area contributed by atoms with Crippen molar-refractivity contribution in [3.63, 3.8) is 0 Å². The van der Waals surface area contributed by atoms with Crippen molar-refractivity contribution in [3.8, 4) is 0 Å². The Labute approximate surface area is 193 Å². The van der Waals surface area contributed by atoms with Gasteiger partial charge in [0.15, 0.2) is 0 Å². The van der Waals surface area contributed by atoms with Crippen LogP contribution < -0.4 is 0 Å². The van der Waals surface area contributed by atoms with Gasteiger partial charge in [0.05, 0.1) is 11.7 Å². The first-order chi connectivity index (χ1) is 14.4. The van der Waals surface area contributed by atoms with Crippen LogP contribution in [0.3, 0.4) is 0 Å². The Balaban J connectivity index is 1.46. The van der Waals surface area contributed by atoms with Crippen LogP contribution in [-0.4, -0.2) is 11.7 Å². The molecule has 0 amide bonds. The summed E-state index contributed by atoms with van der Waals surface area (Å²) in [5.74, 6) is 0.824. The molecule has 0 radical (unpaired) electrons. The van der Waals surface area contributed by atoms with E-state index in [9.17, 15) is 0 Å². The Morgan fingerprint density at radius 1 is 0.935 bits per heavy atom. The van der Waals surface area contributed by atoms with Crippen molar-refractivity contribution >= 4 is 0 Å². The summed E-state index contributed by atoms with van der Waals surface area (Å²) in [5.41, 5.74) is 7.85. The van der Waals surface area contributed by atoms with Gasteiger partial charge in [0.25, 0.3) is 0 Å². The molecule has 1 saturated heterocycles. The van der Waals surface area contributed by atoms with E-state index >= 15 is 0 Å². The number of ether oxygens (including phenoxy) is 1. The van der Waals surface area contributed by atoms with E-state index in [4.69, 9.17) is 4.74 Å². The predicted molar refractivity (Wildman–Crippen MR) is 135 cm³/mol. The highest BCUT2D eigenvalue weighted by atomic mass is 16.6. The monoisotopic (exact) mass is 426 g/mol. The quantitative estimate of drug-likeness (QED) is 0.264. The molecule has 1 heterocycles. The maximum Gasteiger partial charge on any atom is 0.0892 e. The molecule has 2 fully saturated rings. The molecular weight excluding hydrogens is 376 g/mol. The van der Waals surface area contributed by atoms with E-state index < -0.39 is 0 Å². The van der Waals surface area contributed by atoms with Crippen molar-refractivity contribution in [2.45, 2.75) is 138 Å². The van der Waals surface area contributed by atoms with E-state index in [2.05, 4.69) is 67.5 Å². The van der Waals surface area contributed by atoms with Crippen molar-refractivity contribution in [2.75, 3.05) is 0 Å². The molecule has 3 rings (SSSR count). The SMILES string of the molecule is CC1=C(CC/C=C(\C)CC/C=C(\C)CC[C@@H]2OC2(C)C)[C@@H]2CC(C)(C)CC[C@]2(C)CC1. The van der Waals surface area contributed by atoms with Gasteiger partial charge in [0.1, 0.15) is 0 Å². The maximum atomic E-state index is 5.71. The molecular formula is C30H50O. The fraction of sp³-hybridized carbons (Fsp3) is 0.800. The van der Waals surface area contributed by atoms with Crippen LogP contribution in [0.4, 0.5) is 0 Å². The van der Waals surface area contributed by atoms with Gasteiger partial charge in [-0.1, -0.05) is 55.2 Å². The molecule has 1 saturated carbocycles. The van der Waals surface area contributed by atoms with Crippen LogP contribution in [0.2, 0.25) is 0 Å². The molecule has 0 aromatic rings. The average Bonchev–Trinajstić information content (AvgIpc) is 3.30.